The van der Waals surface area contributed by atoms with E-state index < -0.39 is 0 Å². The van der Waals surface area contributed by atoms with Gasteiger partial charge >= 0.3 is 0 Å². The topological polar surface area (TPSA) is 36.1 Å². The number of carbonyl (C=O) groups excluding carboxylic acids is 1. The van der Waals surface area contributed by atoms with Crippen LogP contribution in [0.5, 0.6) is 0 Å². The standard InChI is InChI=1S/C21H20N2OS2/c24-19(17-14-22-18-11-5-4-10-16(17)18)20(15-8-2-1-3-9-15)26-21(25)23-12-6-7-13-23/h1-5,8-11,14,20,22H,6-7,12-13H2/t20-/m0/s1. The van der Waals surface area contributed by atoms with Gasteiger partial charge in [0.15, 0.2) is 5.78 Å². The lowest BCUT2D eigenvalue weighted by Gasteiger charge is -2.22. The van der Waals surface area contributed by atoms with Crippen LogP contribution in [0.2, 0.25) is 0 Å². The minimum atomic E-state index is -0.330. The highest BCUT2D eigenvalue weighted by Crippen LogP contribution is 2.36. The lowest BCUT2D eigenvalue weighted by molar-refractivity contribution is 0.0991. The Kier molecular flexibility index (Phi) is 5.09. The fourth-order valence-corrected chi connectivity index (χ4v) is 4.92. The van der Waals surface area contributed by atoms with E-state index in [2.05, 4.69) is 9.88 Å². The highest BCUT2D eigenvalue weighted by Gasteiger charge is 2.28. The van der Waals surface area contributed by atoms with Crippen LogP contribution in [0.25, 0.3) is 10.9 Å². The maximum absolute atomic E-state index is 13.5. The van der Waals surface area contributed by atoms with E-state index in [-0.39, 0.29) is 11.0 Å². The number of H-pyrrole nitrogens is 1. The maximum Gasteiger partial charge on any atom is 0.182 e. The molecule has 0 unspecified atom stereocenters. The summed E-state index contributed by atoms with van der Waals surface area (Å²) in [6.45, 7) is 1.99. The number of nitrogens with one attached hydrogen (secondary N) is 1. The average Bonchev–Trinajstić information content (AvgIpc) is 3.36. The van der Waals surface area contributed by atoms with Crippen molar-refractivity contribution >= 4 is 45.0 Å². The third-order valence-corrected chi connectivity index (χ3v) is 6.51. The number of aromatic nitrogens is 1. The lowest BCUT2D eigenvalue weighted by Crippen LogP contribution is -2.25. The van der Waals surface area contributed by atoms with Crippen LogP contribution in [-0.4, -0.2) is 33.1 Å². The van der Waals surface area contributed by atoms with E-state index in [1.165, 1.54) is 24.6 Å². The maximum atomic E-state index is 13.5. The average molecular weight is 381 g/mol. The van der Waals surface area contributed by atoms with Gasteiger partial charge in [0.05, 0.1) is 5.25 Å². The number of ketones is 1. The van der Waals surface area contributed by atoms with E-state index in [4.69, 9.17) is 12.2 Å². The zero-order valence-corrected chi connectivity index (χ0v) is 16.0. The molecule has 0 aliphatic carbocycles. The number of hydrogen-bond acceptors (Lipinski definition) is 3. The van der Waals surface area contributed by atoms with Crippen molar-refractivity contribution in [2.24, 2.45) is 0 Å². The predicted octanol–water partition coefficient (Wildman–Crippen LogP) is 5.21. The first-order valence-electron chi connectivity index (χ1n) is 8.85. The number of likely N-dealkylation sites (tertiary alicyclic amines) is 1. The van der Waals surface area contributed by atoms with Crippen molar-refractivity contribution in [3.05, 3.63) is 71.9 Å². The summed E-state index contributed by atoms with van der Waals surface area (Å²) in [4.78, 5) is 18.9. The second-order valence-electron chi connectivity index (χ2n) is 6.48. The van der Waals surface area contributed by atoms with Crippen molar-refractivity contribution in [1.82, 2.24) is 9.88 Å². The summed E-state index contributed by atoms with van der Waals surface area (Å²) in [6.07, 6.45) is 4.17. The van der Waals surface area contributed by atoms with Crippen LogP contribution < -0.4 is 0 Å². The summed E-state index contributed by atoms with van der Waals surface area (Å²) in [6, 6.07) is 17.9. The Morgan fingerprint density at radius 2 is 1.73 bits per heavy atom. The summed E-state index contributed by atoms with van der Waals surface area (Å²) in [7, 11) is 0. The highest BCUT2D eigenvalue weighted by atomic mass is 32.2. The molecule has 1 aliphatic heterocycles. The Hall–Kier alpha value is -2.11. The zero-order chi connectivity index (χ0) is 17.9. The van der Waals surface area contributed by atoms with Crippen molar-refractivity contribution < 1.29 is 4.79 Å². The largest absolute Gasteiger partial charge is 0.360 e. The van der Waals surface area contributed by atoms with Gasteiger partial charge in [-0.1, -0.05) is 72.5 Å². The van der Waals surface area contributed by atoms with Gasteiger partial charge in [-0.05, 0) is 24.5 Å². The molecule has 1 N–H and O–H groups in total. The third-order valence-electron chi connectivity index (χ3n) is 4.78. The Bertz CT molecular complexity index is 929. The fourth-order valence-electron chi connectivity index (χ4n) is 3.39. The molecule has 132 valence electrons. The summed E-state index contributed by atoms with van der Waals surface area (Å²) in [5.74, 6) is 0.0974. The Morgan fingerprint density at radius 3 is 2.50 bits per heavy atom. The van der Waals surface area contributed by atoms with E-state index in [9.17, 15) is 4.79 Å². The number of rotatable bonds is 4. The van der Waals surface area contributed by atoms with Crippen LogP contribution in [-0.2, 0) is 0 Å². The number of aromatic amines is 1. The Balaban J connectivity index is 1.68. The minimum Gasteiger partial charge on any atom is -0.360 e. The van der Waals surface area contributed by atoms with E-state index in [1.807, 2.05) is 60.8 Å². The molecule has 3 nitrogen and oxygen atoms in total. The molecule has 2 heterocycles. The summed E-state index contributed by atoms with van der Waals surface area (Å²) in [5, 5.41) is 0.634. The summed E-state index contributed by atoms with van der Waals surface area (Å²) >= 11 is 7.17. The summed E-state index contributed by atoms with van der Waals surface area (Å²) in [5.41, 5.74) is 2.70. The van der Waals surface area contributed by atoms with Crippen molar-refractivity contribution in [1.29, 1.82) is 0 Å². The molecule has 3 aromatic rings. The molecule has 4 rings (SSSR count). The highest BCUT2D eigenvalue weighted by molar-refractivity contribution is 8.23. The normalized spacial score (nSPS) is 15.3. The van der Waals surface area contributed by atoms with Gasteiger partial charge in [-0.25, -0.2) is 0 Å². The van der Waals surface area contributed by atoms with E-state index in [1.54, 1.807) is 0 Å². The van der Waals surface area contributed by atoms with Gasteiger partial charge in [-0.2, -0.15) is 0 Å². The molecular formula is C21H20N2OS2. The SMILES string of the molecule is O=C(c1c[nH]c2ccccc12)[C@@H](SC(=S)N1CCCC1)c1ccccc1. The van der Waals surface area contributed by atoms with Crippen LogP contribution in [0.4, 0.5) is 0 Å². The van der Waals surface area contributed by atoms with Crippen LogP contribution in [0.3, 0.4) is 0 Å². The molecule has 1 fully saturated rings. The molecule has 0 radical (unpaired) electrons. The first-order valence-corrected chi connectivity index (χ1v) is 10.1. The smallest absolute Gasteiger partial charge is 0.182 e. The number of thiocarbonyl (C=S) groups is 1. The van der Waals surface area contributed by atoms with E-state index in [0.29, 0.717) is 0 Å². The molecule has 1 aliphatic rings. The van der Waals surface area contributed by atoms with Gasteiger partial charge in [0.1, 0.15) is 4.32 Å². The molecule has 0 bridgehead atoms. The Labute approximate surface area is 162 Å². The third kappa shape index (κ3) is 3.41. The molecule has 0 saturated carbocycles. The molecule has 2 aromatic carbocycles. The molecule has 5 heteroatoms. The molecule has 0 amide bonds. The number of Topliss-reactive ketones (excluding diaryl/α,β-unsaturated/α-hetero) is 1. The molecule has 1 saturated heterocycles. The van der Waals surface area contributed by atoms with Crippen LogP contribution in [0, 0.1) is 0 Å². The first-order chi connectivity index (χ1) is 12.7. The zero-order valence-electron chi connectivity index (χ0n) is 14.4. The van der Waals surface area contributed by atoms with Crippen molar-refractivity contribution in [2.45, 2.75) is 18.1 Å². The van der Waals surface area contributed by atoms with Crippen LogP contribution >= 0.6 is 24.0 Å². The van der Waals surface area contributed by atoms with E-state index >= 15 is 0 Å². The van der Waals surface area contributed by atoms with Gasteiger partial charge in [0.2, 0.25) is 0 Å². The molecular weight excluding hydrogens is 360 g/mol. The summed E-state index contributed by atoms with van der Waals surface area (Å²) < 4.78 is 0.824. The molecule has 1 atom stereocenters. The number of benzene rings is 2. The number of nitrogens with zero attached hydrogens (tertiary/aromatic N) is 1. The van der Waals surface area contributed by atoms with Crippen molar-refractivity contribution in [2.75, 3.05) is 13.1 Å². The predicted molar refractivity (Wildman–Crippen MR) is 113 cm³/mol. The van der Waals surface area contributed by atoms with E-state index in [0.717, 1.165) is 39.4 Å². The van der Waals surface area contributed by atoms with Crippen molar-refractivity contribution in [3.63, 3.8) is 0 Å². The quantitative estimate of drug-likeness (QED) is 0.498. The fraction of sp³-hybridized carbons (Fsp3) is 0.238. The van der Waals surface area contributed by atoms with Gasteiger partial charge < -0.3 is 9.88 Å². The van der Waals surface area contributed by atoms with Crippen LogP contribution in [0.15, 0.2) is 60.8 Å². The molecule has 1 aromatic heterocycles. The second kappa shape index (κ2) is 7.64. The van der Waals surface area contributed by atoms with Gasteiger partial charge in [0, 0.05) is 35.8 Å². The van der Waals surface area contributed by atoms with Gasteiger partial charge in [-0.3, -0.25) is 4.79 Å². The van der Waals surface area contributed by atoms with Gasteiger partial charge in [-0.15, -0.1) is 0 Å². The monoisotopic (exact) mass is 380 g/mol. The van der Waals surface area contributed by atoms with Gasteiger partial charge in [0.25, 0.3) is 0 Å². The number of fused-ring (bicyclic) bond motifs is 1. The van der Waals surface area contributed by atoms with Crippen molar-refractivity contribution in [3.8, 4) is 0 Å². The second-order valence-corrected chi connectivity index (χ2v) is 8.22. The Morgan fingerprint density at radius 1 is 1.04 bits per heavy atom. The number of carbonyl (C=O) groups is 1. The number of thioether (sulfide) groups is 1. The number of hydrogen-bond donors (Lipinski definition) is 1. The van der Waals surface area contributed by atoms with Crippen LogP contribution in [0.1, 0.15) is 34.0 Å². The number of para-hydroxylation sites is 1. The first kappa shape index (κ1) is 17.3. The lowest BCUT2D eigenvalue weighted by atomic mass is 10.0. The molecule has 26 heavy (non-hydrogen) atoms. The minimum absolute atomic E-state index is 0.0974. The molecule has 0 spiro atoms.